The van der Waals surface area contributed by atoms with Gasteiger partial charge in [0.1, 0.15) is 0 Å². The van der Waals surface area contributed by atoms with E-state index in [1.807, 2.05) is 22.7 Å². The summed E-state index contributed by atoms with van der Waals surface area (Å²) in [6, 6.07) is 46.5. The zero-order valence-corrected chi connectivity index (χ0v) is 43.5. The van der Waals surface area contributed by atoms with Gasteiger partial charge in [0, 0.05) is 47.2 Å². The quantitative estimate of drug-likeness (QED) is 0.0958. The SMILES string of the molecule is CCCCCCC1(CCCCCC)c2cc(C)ccc2-c2ccc(-c3ccc(-c4ccc(-c5ccc(C)s5)c5nc(-c6ccc(C(C)(C)C)cc6)c(-c6ccc(C(C)(C)C)cc6)nc45)s3)cc21. The summed E-state index contributed by atoms with van der Waals surface area (Å²) in [5, 5.41) is 0. The normalized spacial score (nSPS) is 13.3. The van der Waals surface area contributed by atoms with Gasteiger partial charge < -0.3 is 0 Å². The van der Waals surface area contributed by atoms with Gasteiger partial charge in [0.05, 0.1) is 22.4 Å². The van der Waals surface area contributed by atoms with E-state index in [2.05, 4.69) is 191 Å². The Hall–Kier alpha value is -5.16. The Balaban J connectivity index is 1.20. The number of hydrogen-bond donors (Lipinski definition) is 0. The van der Waals surface area contributed by atoms with Crippen molar-refractivity contribution in [2.75, 3.05) is 0 Å². The second-order valence-corrected chi connectivity index (χ2v) is 23.9. The molecule has 0 aliphatic heterocycles. The lowest BCUT2D eigenvalue weighted by Gasteiger charge is -2.33. The average molecular weight is 919 g/mol. The van der Waals surface area contributed by atoms with E-state index < -0.39 is 0 Å². The molecule has 0 saturated carbocycles. The van der Waals surface area contributed by atoms with Crippen LogP contribution in [0.4, 0.5) is 0 Å². The Morgan fingerprint density at radius 3 is 1.37 bits per heavy atom. The minimum Gasteiger partial charge on any atom is -0.243 e. The van der Waals surface area contributed by atoms with Crippen molar-refractivity contribution in [1.82, 2.24) is 9.97 Å². The van der Waals surface area contributed by atoms with E-state index in [1.54, 1.807) is 11.1 Å². The van der Waals surface area contributed by atoms with E-state index in [0.29, 0.717) is 0 Å². The molecule has 0 unspecified atom stereocenters. The molecule has 0 saturated heterocycles. The highest BCUT2D eigenvalue weighted by Gasteiger charge is 2.42. The highest BCUT2D eigenvalue weighted by atomic mass is 32.1. The molecule has 0 amide bonds. The number of fused-ring (bicyclic) bond motifs is 4. The van der Waals surface area contributed by atoms with E-state index in [-0.39, 0.29) is 16.2 Å². The Bertz CT molecular complexity index is 3010. The van der Waals surface area contributed by atoms with Gasteiger partial charge in [-0.05, 0) is 107 Å². The van der Waals surface area contributed by atoms with E-state index in [1.165, 1.54) is 117 Å². The summed E-state index contributed by atoms with van der Waals surface area (Å²) in [6.07, 6.45) is 12.7. The first-order valence-electron chi connectivity index (χ1n) is 25.2. The molecule has 0 spiro atoms. The first-order valence-corrected chi connectivity index (χ1v) is 26.8. The van der Waals surface area contributed by atoms with Gasteiger partial charge in [0.15, 0.2) is 0 Å². The lowest BCUT2D eigenvalue weighted by molar-refractivity contribution is 0.401. The van der Waals surface area contributed by atoms with E-state index in [9.17, 15) is 0 Å². The predicted octanol–water partition coefficient (Wildman–Crippen LogP) is 19.5. The minimum absolute atomic E-state index is 0.0439. The molecule has 4 heteroatoms. The minimum atomic E-state index is 0.0439. The lowest BCUT2D eigenvalue weighted by atomic mass is 9.70. The van der Waals surface area contributed by atoms with Crippen LogP contribution in [0.3, 0.4) is 0 Å². The van der Waals surface area contributed by atoms with Crippen LogP contribution < -0.4 is 0 Å². The van der Waals surface area contributed by atoms with Crippen LogP contribution in [-0.4, -0.2) is 9.97 Å². The van der Waals surface area contributed by atoms with Gasteiger partial charge >= 0.3 is 0 Å². The third-order valence-corrected chi connectivity index (χ3v) is 16.7. The summed E-state index contributed by atoms with van der Waals surface area (Å²) >= 11 is 3.71. The highest BCUT2D eigenvalue weighted by Crippen LogP contribution is 2.56. The standard InChI is InChI=1S/C63H70N2S2/c1-11-13-15-17-37-63(38-18-16-14-12-2)52-39-41(3)19-30-48(52)49-31-25-45(40-53(49)63)54-35-36-56(67-54)51-33-32-50(55-34-20-42(4)66-55)59-60(51)65-58(44-23-28-47(29-24-44)62(8,9)10)57(64-59)43-21-26-46(27-22-43)61(5,6)7/h19-36,39-40H,11-18,37-38H2,1-10H3. The van der Waals surface area contributed by atoms with Crippen molar-refractivity contribution in [3.8, 4) is 65.0 Å². The van der Waals surface area contributed by atoms with Crippen molar-refractivity contribution in [1.29, 1.82) is 0 Å². The molecule has 0 radical (unpaired) electrons. The van der Waals surface area contributed by atoms with Crippen LogP contribution in [0.25, 0.3) is 76.0 Å². The van der Waals surface area contributed by atoms with Gasteiger partial charge in [-0.3, -0.25) is 0 Å². The molecule has 8 aromatic rings. The summed E-state index contributed by atoms with van der Waals surface area (Å²) in [6.45, 7) is 22.8. The van der Waals surface area contributed by atoms with E-state index >= 15 is 0 Å². The van der Waals surface area contributed by atoms with Gasteiger partial charge in [-0.2, -0.15) is 0 Å². The Morgan fingerprint density at radius 2 is 0.881 bits per heavy atom. The zero-order chi connectivity index (χ0) is 47.1. The fourth-order valence-electron chi connectivity index (χ4n) is 10.5. The zero-order valence-electron chi connectivity index (χ0n) is 41.8. The maximum absolute atomic E-state index is 5.76. The lowest BCUT2D eigenvalue weighted by Crippen LogP contribution is -2.25. The molecule has 0 N–H and O–H groups in total. The number of thiophene rings is 2. The molecule has 3 heterocycles. The number of hydrogen-bond acceptors (Lipinski definition) is 4. The molecule has 67 heavy (non-hydrogen) atoms. The second-order valence-electron chi connectivity index (χ2n) is 21.5. The van der Waals surface area contributed by atoms with Crippen LogP contribution in [0.1, 0.15) is 152 Å². The van der Waals surface area contributed by atoms with Gasteiger partial charge in [-0.1, -0.05) is 203 Å². The van der Waals surface area contributed by atoms with Crippen LogP contribution >= 0.6 is 22.7 Å². The molecule has 9 rings (SSSR count). The topological polar surface area (TPSA) is 25.8 Å². The van der Waals surface area contributed by atoms with Crippen molar-refractivity contribution in [2.24, 2.45) is 0 Å². The predicted molar refractivity (Wildman–Crippen MR) is 293 cm³/mol. The van der Waals surface area contributed by atoms with Crippen LogP contribution in [0.2, 0.25) is 0 Å². The van der Waals surface area contributed by atoms with Crippen LogP contribution in [0.5, 0.6) is 0 Å². The molecule has 0 bridgehead atoms. The summed E-state index contributed by atoms with van der Waals surface area (Å²) in [7, 11) is 0. The first kappa shape index (κ1) is 46.9. The largest absolute Gasteiger partial charge is 0.243 e. The van der Waals surface area contributed by atoms with Crippen LogP contribution in [-0.2, 0) is 16.2 Å². The van der Waals surface area contributed by atoms with Crippen LogP contribution in [0.15, 0.2) is 121 Å². The fourth-order valence-corrected chi connectivity index (χ4v) is 12.5. The Kier molecular flexibility index (Phi) is 13.4. The Morgan fingerprint density at radius 1 is 0.433 bits per heavy atom. The Labute approximate surface area is 410 Å². The number of nitrogens with zero attached hydrogens (tertiary/aromatic N) is 2. The molecule has 3 aromatic heterocycles. The third-order valence-electron chi connectivity index (χ3n) is 14.5. The number of rotatable bonds is 15. The van der Waals surface area contributed by atoms with Gasteiger partial charge in [0.2, 0.25) is 0 Å². The average Bonchev–Trinajstić information content (AvgIpc) is 4.05. The van der Waals surface area contributed by atoms with E-state index in [4.69, 9.17) is 9.97 Å². The van der Waals surface area contributed by atoms with Crippen molar-refractivity contribution < 1.29 is 0 Å². The fraction of sp³-hybridized carbons (Fsp3) is 0.365. The van der Waals surface area contributed by atoms with Crippen molar-refractivity contribution in [2.45, 2.75) is 150 Å². The molecule has 2 nitrogen and oxygen atoms in total. The van der Waals surface area contributed by atoms with Gasteiger partial charge in [0.25, 0.3) is 0 Å². The number of aryl methyl sites for hydroxylation is 2. The van der Waals surface area contributed by atoms with Gasteiger partial charge in [-0.25, -0.2) is 9.97 Å². The van der Waals surface area contributed by atoms with Crippen molar-refractivity contribution >= 4 is 33.7 Å². The summed E-state index contributed by atoms with van der Waals surface area (Å²) in [4.78, 5) is 16.5. The van der Waals surface area contributed by atoms with E-state index in [0.717, 1.165) is 44.7 Å². The first-order chi connectivity index (χ1) is 32.2. The number of benzene rings is 5. The third kappa shape index (κ3) is 9.38. The summed E-state index contributed by atoms with van der Waals surface area (Å²) in [5.74, 6) is 0. The summed E-state index contributed by atoms with van der Waals surface area (Å²) in [5.41, 5.74) is 19.6. The van der Waals surface area contributed by atoms with Crippen molar-refractivity contribution in [3.63, 3.8) is 0 Å². The second kappa shape index (κ2) is 19.1. The molecule has 344 valence electrons. The maximum atomic E-state index is 5.76. The van der Waals surface area contributed by atoms with Gasteiger partial charge in [-0.15, -0.1) is 22.7 Å². The molecule has 5 aromatic carbocycles. The molecule has 0 fully saturated rings. The monoisotopic (exact) mass is 918 g/mol. The molecular weight excluding hydrogens is 849 g/mol. The molecule has 0 atom stereocenters. The number of unbranched alkanes of at least 4 members (excludes halogenated alkanes) is 6. The molecule has 1 aliphatic rings. The number of aromatic nitrogens is 2. The maximum Gasteiger partial charge on any atom is 0.0988 e. The molecular formula is C63H70N2S2. The van der Waals surface area contributed by atoms with Crippen LogP contribution in [0, 0.1) is 13.8 Å². The molecule has 1 aliphatic carbocycles. The van der Waals surface area contributed by atoms with Crippen molar-refractivity contribution in [3.05, 3.63) is 154 Å². The summed E-state index contributed by atoms with van der Waals surface area (Å²) < 4.78 is 0. The smallest absolute Gasteiger partial charge is 0.0988 e. The highest BCUT2D eigenvalue weighted by molar-refractivity contribution is 7.19.